The normalized spacial score (nSPS) is 19.8. The van der Waals surface area contributed by atoms with Gasteiger partial charge >= 0.3 is 0 Å². The van der Waals surface area contributed by atoms with E-state index in [2.05, 4.69) is 5.10 Å². The fraction of sp³-hybridized carbons (Fsp3) is 0.478. The molecule has 3 heterocycles. The van der Waals surface area contributed by atoms with Crippen LogP contribution in [0.2, 0.25) is 0 Å². The summed E-state index contributed by atoms with van der Waals surface area (Å²) in [5.41, 5.74) is 2.14. The van der Waals surface area contributed by atoms with Gasteiger partial charge in [0.2, 0.25) is 0 Å². The van der Waals surface area contributed by atoms with Crippen molar-refractivity contribution in [2.75, 3.05) is 6.54 Å². The van der Waals surface area contributed by atoms with Gasteiger partial charge in [-0.2, -0.15) is 5.10 Å². The molecular weight excluding hydrogens is 378 g/mol. The minimum atomic E-state index is -0.189. The number of para-hydroxylation sites is 1. The van der Waals surface area contributed by atoms with Crippen molar-refractivity contribution in [1.82, 2.24) is 24.2 Å². The molecule has 0 N–H and O–H groups in total. The highest BCUT2D eigenvalue weighted by molar-refractivity contribution is 5.93. The van der Waals surface area contributed by atoms with Crippen LogP contribution in [0.4, 0.5) is 0 Å². The highest BCUT2D eigenvalue weighted by atomic mass is 16.2. The molecule has 2 aromatic heterocycles. The maximum absolute atomic E-state index is 13.5. The van der Waals surface area contributed by atoms with E-state index < -0.39 is 0 Å². The smallest absolute Gasteiger partial charge is 0.272 e. The number of carbonyl (C=O) groups is 1. The third kappa shape index (κ3) is 3.04. The van der Waals surface area contributed by atoms with Crippen molar-refractivity contribution in [1.29, 1.82) is 0 Å². The van der Waals surface area contributed by atoms with Gasteiger partial charge < -0.3 is 4.90 Å². The highest BCUT2D eigenvalue weighted by Crippen LogP contribution is 2.36. The monoisotopic (exact) mass is 405 g/mol. The molecule has 5 rings (SSSR count). The first kappa shape index (κ1) is 19.0. The highest BCUT2D eigenvalue weighted by Gasteiger charge is 2.36. The first-order valence-electron chi connectivity index (χ1n) is 10.9. The van der Waals surface area contributed by atoms with E-state index in [-0.39, 0.29) is 23.6 Å². The molecule has 2 aliphatic rings. The zero-order valence-electron chi connectivity index (χ0n) is 17.5. The summed E-state index contributed by atoms with van der Waals surface area (Å²) in [5.74, 6) is 0.705. The van der Waals surface area contributed by atoms with Crippen molar-refractivity contribution in [3.63, 3.8) is 0 Å². The molecule has 156 valence electrons. The van der Waals surface area contributed by atoms with Crippen LogP contribution in [0.25, 0.3) is 10.9 Å². The van der Waals surface area contributed by atoms with Gasteiger partial charge in [0, 0.05) is 19.6 Å². The van der Waals surface area contributed by atoms with Crippen molar-refractivity contribution in [2.24, 2.45) is 7.05 Å². The van der Waals surface area contributed by atoms with E-state index in [4.69, 9.17) is 4.98 Å². The summed E-state index contributed by atoms with van der Waals surface area (Å²) in [6.07, 6.45) is 5.97. The third-order valence-electron chi connectivity index (χ3n) is 6.56. The number of aromatic nitrogens is 4. The van der Waals surface area contributed by atoms with Crippen LogP contribution < -0.4 is 5.56 Å². The van der Waals surface area contributed by atoms with E-state index in [0.717, 1.165) is 50.0 Å². The molecule has 7 heteroatoms. The zero-order chi connectivity index (χ0) is 20.8. The lowest BCUT2D eigenvalue weighted by atomic mass is 10.1. The van der Waals surface area contributed by atoms with Gasteiger partial charge in [-0.05, 0) is 50.8 Å². The summed E-state index contributed by atoms with van der Waals surface area (Å²) < 4.78 is 3.56. The zero-order valence-corrected chi connectivity index (χ0v) is 17.5. The third-order valence-corrected chi connectivity index (χ3v) is 6.56. The summed E-state index contributed by atoms with van der Waals surface area (Å²) in [5, 5.41) is 4.99. The molecule has 30 heavy (non-hydrogen) atoms. The van der Waals surface area contributed by atoms with Crippen molar-refractivity contribution in [3.8, 4) is 0 Å². The Labute approximate surface area is 175 Å². The molecule has 1 saturated carbocycles. The summed E-state index contributed by atoms with van der Waals surface area (Å²) >= 11 is 0. The van der Waals surface area contributed by atoms with Crippen molar-refractivity contribution in [2.45, 2.75) is 57.5 Å². The number of nitrogens with zero attached hydrogens (tertiary/aromatic N) is 5. The molecule has 0 radical (unpaired) electrons. The van der Waals surface area contributed by atoms with Crippen LogP contribution in [-0.2, 0) is 7.05 Å². The molecular formula is C23H27N5O2. The van der Waals surface area contributed by atoms with Gasteiger partial charge in [-0.25, -0.2) is 4.98 Å². The number of fused-ring (bicyclic) bond motifs is 1. The van der Waals surface area contributed by atoms with Gasteiger partial charge in [-0.3, -0.25) is 18.8 Å². The average Bonchev–Trinajstić information content (AvgIpc) is 3.48. The molecule has 1 saturated heterocycles. The predicted octanol–water partition coefficient (Wildman–Crippen LogP) is 3.53. The van der Waals surface area contributed by atoms with E-state index in [1.807, 2.05) is 46.7 Å². The predicted molar refractivity (Wildman–Crippen MR) is 114 cm³/mol. The Morgan fingerprint density at radius 1 is 1.10 bits per heavy atom. The average molecular weight is 406 g/mol. The molecule has 1 aliphatic heterocycles. The van der Waals surface area contributed by atoms with Crippen LogP contribution in [0.3, 0.4) is 0 Å². The molecule has 1 aliphatic carbocycles. The Morgan fingerprint density at radius 2 is 1.87 bits per heavy atom. The first-order valence-corrected chi connectivity index (χ1v) is 10.9. The Kier molecular flexibility index (Phi) is 4.68. The van der Waals surface area contributed by atoms with Gasteiger partial charge in [-0.1, -0.05) is 25.0 Å². The molecule has 7 nitrogen and oxygen atoms in total. The van der Waals surface area contributed by atoms with Gasteiger partial charge in [0.25, 0.3) is 11.5 Å². The lowest BCUT2D eigenvalue weighted by Crippen LogP contribution is -2.37. The fourth-order valence-electron chi connectivity index (χ4n) is 5.15. The minimum Gasteiger partial charge on any atom is -0.327 e. The number of amides is 1. The Hall–Kier alpha value is -2.96. The topological polar surface area (TPSA) is 73.0 Å². The minimum absolute atomic E-state index is 0.0261. The number of rotatable bonds is 3. The molecule has 0 spiro atoms. The van der Waals surface area contributed by atoms with Gasteiger partial charge in [0.15, 0.2) is 0 Å². The Bertz CT molecular complexity index is 1170. The van der Waals surface area contributed by atoms with E-state index in [1.165, 1.54) is 0 Å². The second-order valence-corrected chi connectivity index (χ2v) is 8.55. The fourth-order valence-corrected chi connectivity index (χ4v) is 5.15. The second kappa shape index (κ2) is 7.38. The SMILES string of the molecule is Cc1cc(C(=O)N2CCCC2c2nc3ccccc3c(=O)n2C2CCCC2)n(C)n1. The maximum atomic E-state index is 13.5. The maximum Gasteiger partial charge on any atom is 0.272 e. The lowest BCUT2D eigenvalue weighted by Gasteiger charge is -2.28. The van der Waals surface area contributed by atoms with Crippen molar-refractivity contribution < 1.29 is 4.79 Å². The Balaban J connectivity index is 1.64. The number of aryl methyl sites for hydroxylation is 2. The van der Waals surface area contributed by atoms with Gasteiger partial charge in [0.1, 0.15) is 11.5 Å². The molecule has 1 unspecified atom stereocenters. The first-order chi connectivity index (χ1) is 14.5. The van der Waals surface area contributed by atoms with Crippen LogP contribution in [0.5, 0.6) is 0 Å². The van der Waals surface area contributed by atoms with E-state index in [1.54, 1.807) is 11.7 Å². The largest absolute Gasteiger partial charge is 0.327 e. The van der Waals surface area contributed by atoms with Crippen LogP contribution in [-0.4, -0.2) is 36.7 Å². The van der Waals surface area contributed by atoms with Crippen molar-refractivity contribution >= 4 is 16.8 Å². The number of hydrogen-bond acceptors (Lipinski definition) is 4. The summed E-state index contributed by atoms with van der Waals surface area (Å²) in [6, 6.07) is 9.36. The van der Waals surface area contributed by atoms with Crippen molar-refractivity contribution in [3.05, 3.63) is 57.9 Å². The van der Waals surface area contributed by atoms with Gasteiger partial charge in [-0.15, -0.1) is 0 Å². The Morgan fingerprint density at radius 3 is 2.60 bits per heavy atom. The summed E-state index contributed by atoms with van der Waals surface area (Å²) in [4.78, 5) is 33.7. The van der Waals surface area contributed by atoms with Gasteiger partial charge in [0.05, 0.1) is 22.6 Å². The molecule has 1 aromatic carbocycles. The number of carbonyl (C=O) groups excluding carboxylic acids is 1. The standard InChI is InChI=1S/C23H27N5O2/c1-15-14-20(26(2)25-15)23(30)27-13-7-12-19(27)21-24-18-11-6-5-10-17(18)22(29)28(21)16-8-3-4-9-16/h5-6,10-11,14,16,19H,3-4,7-9,12-13H2,1-2H3. The summed E-state index contributed by atoms with van der Waals surface area (Å²) in [6.45, 7) is 2.56. The molecule has 1 amide bonds. The molecule has 1 atom stereocenters. The van der Waals surface area contributed by atoms with Crippen LogP contribution in [0.15, 0.2) is 35.1 Å². The van der Waals surface area contributed by atoms with Crippen LogP contribution in [0.1, 0.15) is 72.6 Å². The lowest BCUT2D eigenvalue weighted by molar-refractivity contribution is 0.0714. The molecule has 3 aromatic rings. The van der Waals surface area contributed by atoms with E-state index in [0.29, 0.717) is 23.1 Å². The number of hydrogen-bond donors (Lipinski definition) is 0. The summed E-state index contributed by atoms with van der Waals surface area (Å²) in [7, 11) is 1.80. The molecule has 2 fully saturated rings. The van der Waals surface area contributed by atoms with Crippen LogP contribution >= 0.6 is 0 Å². The quantitative estimate of drug-likeness (QED) is 0.668. The van der Waals surface area contributed by atoms with E-state index >= 15 is 0 Å². The van der Waals surface area contributed by atoms with E-state index in [9.17, 15) is 9.59 Å². The van der Waals surface area contributed by atoms with Crippen LogP contribution in [0, 0.1) is 6.92 Å². The molecule has 0 bridgehead atoms. The number of likely N-dealkylation sites (tertiary alicyclic amines) is 1. The second-order valence-electron chi connectivity index (χ2n) is 8.55. The number of benzene rings is 1.